The van der Waals surface area contributed by atoms with E-state index in [1.165, 1.54) is 0 Å². The van der Waals surface area contributed by atoms with E-state index in [4.69, 9.17) is 5.26 Å². The van der Waals surface area contributed by atoms with E-state index in [9.17, 15) is 0 Å². The summed E-state index contributed by atoms with van der Waals surface area (Å²) < 4.78 is 0. The van der Waals surface area contributed by atoms with Gasteiger partial charge in [-0.3, -0.25) is 10.1 Å². The highest BCUT2D eigenvalue weighted by Crippen LogP contribution is 2.18. The second-order valence-corrected chi connectivity index (χ2v) is 2.96. The van der Waals surface area contributed by atoms with Gasteiger partial charge in [-0.2, -0.15) is 10.4 Å². The lowest BCUT2D eigenvalue weighted by Crippen LogP contribution is -1.87. The van der Waals surface area contributed by atoms with Crippen molar-refractivity contribution in [2.45, 2.75) is 13.8 Å². The second-order valence-electron chi connectivity index (χ2n) is 2.96. The van der Waals surface area contributed by atoms with Gasteiger partial charge in [0.1, 0.15) is 6.07 Å². The van der Waals surface area contributed by atoms with Crippen LogP contribution in [0.5, 0.6) is 0 Å². The van der Waals surface area contributed by atoms with Crippen LogP contribution < -0.4 is 0 Å². The molecule has 0 aliphatic heterocycles. The number of pyridine rings is 1. The van der Waals surface area contributed by atoms with E-state index in [0.29, 0.717) is 5.69 Å². The van der Waals surface area contributed by atoms with Crippen LogP contribution in [-0.2, 0) is 0 Å². The Morgan fingerprint density at radius 1 is 1.46 bits per heavy atom. The summed E-state index contributed by atoms with van der Waals surface area (Å²) in [5, 5.41) is 16.3. The maximum absolute atomic E-state index is 8.76. The number of nitriles is 1. The lowest BCUT2D eigenvalue weighted by Gasteiger charge is -1.96. The summed E-state index contributed by atoms with van der Waals surface area (Å²) in [6.45, 7) is 3.80. The monoisotopic (exact) mass is 172 g/mol. The number of fused-ring (bicyclic) bond motifs is 1. The van der Waals surface area contributed by atoms with E-state index < -0.39 is 0 Å². The average Bonchev–Trinajstić information content (AvgIpc) is 2.47. The Kier molecular flexibility index (Phi) is 1.52. The van der Waals surface area contributed by atoms with Crippen molar-refractivity contribution in [1.82, 2.24) is 15.2 Å². The first-order valence-corrected chi connectivity index (χ1v) is 3.95. The summed E-state index contributed by atoms with van der Waals surface area (Å²) in [5.41, 5.74) is 3.07. The standard InChI is InChI=1S/C9H8N4/c1-5-3-7-9(6(2)11-5)8(4-10)13-12-7/h3H,1-2H3,(H,12,13). The number of aryl methyl sites for hydroxylation is 2. The van der Waals surface area contributed by atoms with Crippen LogP contribution in [0.25, 0.3) is 10.9 Å². The molecule has 0 radical (unpaired) electrons. The quantitative estimate of drug-likeness (QED) is 0.654. The molecule has 2 aromatic rings. The lowest BCUT2D eigenvalue weighted by atomic mass is 10.2. The third kappa shape index (κ3) is 1.05. The summed E-state index contributed by atoms with van der Waals surface area (Å²) in [5.74, 6) is 0. The molecule has 0 saturated carbocycles. The maximum Gasteiger partial charge on any atom is 0.171 e. The molecule has 64 valence electrons. The number of hydrogen-bond donors (Lipinski definition) is 1. The van der Waals surface area contributed by atoms with Gasteiger partial charge in [-0.1, -0.05) is 0 Å². The molecule has 2 heterocycles. The zero-order valence-electron chi connectivity index (χ0n) is 7.42. The topological polar surface area (TPSA) is 65.4 Å². The van der Waals surface area contributed by atoms with Crippen molar-refractivity contribution in [3.63, 3.8) is 0 Å². The van der Waals surface area contributed by atoms with Gasteiger partial charge in [0.2, 0.25) is 0 Å². The molecule has 0 aromatic carbocycles. The second kappa shape index (κ2) is 2.56. The predicted octanol–water partition coefficient (Wildman–Crippen LogP) is 1.45. The molecule has 13 heavy (non-hydrogen) atoms. The maximum atomic E-state index is 8.76. The average molecular weight is 172 g/mol. The summed E-state index contributed by atoms with van der Waals surface area (Å²) in [4.78, 5) is 4.27. The summed E-state index contributed by atoms with van der Waals surface area (Å²) in [6.07, 6.45) is 0. The molecule has 0 unspecified atom stereocenters. The third-order valence-electron chi connectivity index (χ3n) is 1.96. The van der Waals surface area contributed by atoms with Gasteiger partial charge < -0.3 is 0 Å². The Morgan fingerprint density at radius 2 is 2.23 bits per heavy atom. The number of nitrogens with zero attached hydrogens (tertiary/aromatic N) is 3. The highest BCUT2D eigenvalue weighted by molar-refractivity contribution is 5.85. The van der Waals surface area contributed by atoms with Gasteiger partial charge >= 0.3 is 0 Å². The Hall–Kier alpha value is -1.89. The van der Waals surface area contributed by atoms with E-state index in [0.717, 1.165) is 22.3 Å². The van der Waals surface area contributed by atoms with E-state index in [1.807, 2.05) is 26.0 Å². The molecule has 0 atom stereocenters. The van der Waals surface area contributed by atoms with Crippen molar-refractivity contribution in [2.75, 3.05) is 0 Å². The number of aromatic amines is 1. The highest BCUT2D eigenvalue weighted by Gasteiger charge is 2.08. The van der Waals surface area contributed by atoms with Crippen LogP contribution in [0, 0.1) is 25.2 Å². The zero-order valence-corrected chi connectivity index (χ0v) is 7.42. The minimum Gasteiger partial charge on any atom is -0.276 e. The third-order valence-corrected chi connectivity index (χ3v) is 1.96. The van der Waals surface area contributed by atoms with Crippen LogP contribution >= 0.6 is 0 Å². The smallest absolute Gasteiger partial charge is 0.171 e. The van der Waals surface area contributed by atoms with Crippen molar-refractivity contribution < 1.29 is 0 Å². The minimum absolute atomic E-state index is 0.417. The molecule has 1 N–H and O–H groups in total. The number of nitrogens with one attached hydrogen (secondary N) is 1. The van der Waals surface area contributed by atoms with Crippen molar-refractivity contribution >= 4 is 10.9 Å². The summed E-state index contributed by atoms with van der Waals surface area (Å²) in [7, 11) is 0. The Balaban J connectivity index is 2.92. The Bertz CT molecular complexity index is 504. The van der Waals surface area contributed by atoms with Gasteiger partial charge in [0.05, 0.1) is 10.9 Å². The van der Waals surface area contributed by atoms with E-state index in [-0.39, 0.29) is 0 Å². The first-order chi connectivity index (χ1) is 6.22. The van der Waals surface area contributed by atoms with Crippen LogP contribution in [-0.4, -0.2) is 15.2 Å². The van der Waals surface area contributed by atoms with Gasteiger partial charge in [0.25, 0.3) is 0 Å². The lowest BCUT2D eigenvalue weighted by molar-refractivity contribution is 1.09. The molecular formula is C9H8N4. The van der Waals surface area contributed by atoms with Crippen LogP contribution in [0.4, 0.5) is 0 Å². The molecule has 0 saturated heterocycles. The molecule has 0 bridgehead atoms. The molecule has 4 heteroatoms. The van der Waals surface area contributed by atoms with Gasteiger partial charge in [-0.05, 0) is 19.9 Å². The van der Waals surface area contributed by atoms with Crippen LogP contribution in [0.1, 0.15) is 17.1 Å². The molecule has 0 aliphatic rings. The highest BCUT2D eigenvalue weighted by atomic mass is 15.1. The largest absolute Gasteiger partial charge is 0.276 e. The number of aromatic nitrogens is 3. The molecule has 0 aliphatic carbocycles. The Morgan fingerprint density at radius 3 is 2.92 bits per heavy atom. The first kappa shape index (κ1) is 7.74. The molecule has 0 spiro atoms. The SMILES string of the molecule is Cc1cc2[nH]nc(C#N)c2c(C)n1. The van der Waals surface area contributed by atoms with Gasteiger partial charge in [0, 0.05) is 11.4 Å². The molecule has 2 aromatic heterocycles. The molecule has 0 fully saturated rings. The normalized spacial score (nSPS) is 10.2. The predicted molar refractivity (Wildman–Crippen MR) is 48.1 cm³/mol. The first-order valence-electron chi connectivity index (χ1n) is 3.95. The van der Waals surface area contributed by atoms with Crippen LogP contribution in [0.15, 0.2) is 6.07 Å². The van der Waals surface area contributed by atoms with E-state index in [2.05, 4.69) is 15.2 Å². The number of H-pyrrole nitrogens is 1. The molecule has 0 amide bonds. The van der Waals surface area contributed by atoms with Gasteiger partial charge in [0.15, 0.2) is 5.69 Å². The fraction of sp³-hybridized carbons (Fsp3) is 0.222. The summed E-state index contributed by atoms with van der Waals surface area (Å²) >= 11 is 0. The van der Waals surface area contributed by atoms with E-state index in [1.54, 1.807) is 0 Å². The van der Waals surface area contributed by atoms with Crippen molar-refractivity contribution in [3.8, 4) is 6.07 Å². The van der Waals surface area contributed by atoms with Crippen LogP contribution in [0.3, 0.4) is 0 Å². The van der Waals surface area contributed by atoms with Crippen LogP contribution in [0.2, 0.25) is 0 Å². The zero-order chi connectivity index (χ0) is 9.42. The van der Waals surface area contributed by atoms with Crippen molar-refractivity contribution in [3.05, 3.63) is 23.1 Å². The number of rotatable bonds is 0. The van der Waals surface area contributed by atoms with E-state index >= 15 is 0 Å². The molecule has 4 nitrogen and oxygen atoms in total. The van der Waals surface area contributed by atoms with Crippen molar-refractivity contribution in [2.24, 2.45) is 0 Å². The fourth-order valence-corrected chi connectivity index (χ4v) is 1.47. The fourth-order valence-electron chi connectivity index (χ4n) is 1.47. The Labute approximate surface area is 75.2 Å². The van der Waals surface area contributed by atoms with Gasteiger partial charge in [-0.25, -0.2) is 0 Å². The van der Waals surface area contributed by atoms with Gasteiger partial charge in [-0.15, -0.1) is 0 Å². The minimum atomic E-state index is 0.417. The molecular weight excluding hydrogens is 164 g/mol. The van der Waals surface area contributed by atoms with Crippen molar-refractivity contribution in [1.29, 1.82) is 5.26 Å². The number of hydrogen-bond acceptors (Lipinski definition) is 3. The summed E-state index contributed by atoms with van der Waals surface area (Å²) in [6, 6.07) is 3.91. The molecule has 2 rings (SSSR count).